The van der Waals surface area contributed by atoms with Crippen LogP contribution in [0.25, 0.3) is 0 Å². The van der Waals surface area contributed by atoms with E-state index in [2.05, 4.69) is 10.3 Å². The molecule has 7 heteroatoms. The monoisotopic (exact) mass is 384 g/mol. The summed E-state index contributed by atoms with van der Waals surface area (Å²) in [5.74, 6) is 0.625. The van der Waals surface area contributed by atoms with Crippen LogP contribution in [0.15, 0.2) is 48.5 Å². The molecule has 2 aromatic carbocycles. The Morgan fingerprint density at radius 2 is 1.96 bits per heavy atom. The van der Waals surface area contributed by atoms with Crippen LogP contribution >= 0.6 is 11.3 Å². The number of para-hydroxylation sites is 2. The molecular weight excluding hydrogens is 367 g/mol. The molecule has 1 unspecified atom stereocenters. The van der Waals surface area contributed by atoms with Gasteiger partial charge in [-0.1, -0.05) is 24.3 Å². The van der Waals surface area contributed by atoms with Crippen LogP contribution in [0.2, 0.25) is 0 Å². The Kier molecular flexibility index (Phi) is 4.77. The number of halogens is 1. The predicted octanol–water partition coefficient (Wildman–Crippen LogP) is 3.96. The number of nitrogens with one attached hydrogen (secondary N) is 1. The maximum absolute atomic E-state index is 13.0. The van der Waals surface area contributed by atoms with Crippen molar-refractivity contribution < 1.29 is 18.7 Å². The third-order valence-electron chi connectivity index (χ3n) is 4.20. The summed E-state index contributed by atoms with van der Waals surface area (Å²) in [7, 11) is 0. The van der Waals surface area contributed by atoms with E-state index in [0.717, 1.165) is 16.1 Å². The highest BCUT2D eigenvalue weighted by atomic mass is 32.1. The molecule has 2 heterocycles. The lowest BCUT2D eigenvalue weighted by Crippen LogP contribution is -2.40. The molecule has 1 atom stereocenters. The number of benzene rings is 2. The van der Waals surface area contributed by atoms with Crippen LogP contribution in [0.1, 0.15) is 16.1 Å². The van der Waals surface area contributed by atoms with E-state index in [0.29, 0.717) is 23.1 Å². The standard InChI is InChI=1S/C20H17FN2O3S/c1-12-18(10-13-6-8-14(21)9-7-13)27-20(22-12)23-19(24)17-11-25-15-4-2-3-5-16(15)26-17/h2-9,17H,10-11H2,1H3,(H,22,23,24). The van der Waals surface area contributed by atoms with Gasteiger partial charge in [0.05, 0.1) is 5.69 Å². The summed E-state index contributed by atoms with van der Waals surface area (Å²) in [6, 6.07) is 13.6. The second kappa shape index (κ2) is 7.36. The molecule has 1 aliphatic rings. The van der Waals surface area contributed by atoms with Crippen LogP contribution in [-0.2, 0) is 11.2 Å². The number of rotatable bonds is 4. The van der Waals surface area contributed by atoms with E-state index in [1.807, 2.05) is 19.1 Å². The molecule has 0 bridgehead atoms. The van der Waals surface area contributed by atoms with Gasteiger partial charge in [0, 0.05) is 11.3 Å². The van der Waals surface area contributed by atoms with Gasteiger partial charge in [0.1, 0.15) is 12.4 Å². The topological polar surface area (TPSA) is 60.5 Å². The fraction of sp³-hybridized carbons (Fsp3) is 0.200. The zero-order valence-corrected chi connectivity index (χ0v) is 15.4. The average molecular weight is 384 g/mol. The van der Waals surface area contributed by atoms with E-state index in [1.54, 1.807) is 24.3 Å². The van der Waals surface area contributed by atoms with Crippen LogP contribution in [0.4, 0.5) is 9.52 Å². The van der Waals surface area contributed by atoms with Crippen molar-refractivity contribution in [3.63, 3.8) is 0 Å². The molecular formula is C20H17FN2O3S. The number of carbonyl (C=O) groups excluding carboxylic acids is 1. The number of hydrogen-bond acceptors (Lipinski definition) is 5. The molecule has 0 saturated carbocycles. The number of thiazole rings is 1. The first-order valence-electron chi connectivity index (χ1n) is 8.48. The number of ether oxygens (including phenoxy) is 2. The molecule has 0 spiro atoms. The fourth-order valence-corrected chi connectivity index (χ4v) is 3.77. The highest BCUT2D eigenvalue weighted by molar-refractivity contribution is 7.15. The van der Waals surface area contributed by atoms with Crippen molar-refractivity contribution in [3.05, 3.63) is 70.5 Å². The Balaban J connectivity index is 1.42. The summed E-state index contributed by atoms with van der Waals surface area (Å²) in [6.07, 6.45) is -0.0968. The molecule has 1 aliphatic heterocycles. The summed E-state index contributed by atoms with van der Waals surface area (Å²) >= 11 is 1.40. The Morgan fingerprint density at radius 3 is 2.74 bits per heavy atom. The number of nitrogens with zero attached hydrogens (tertiary/aromatic N) is 1. The predicted molar refractivity (Wildman–Crippen MR) is 101 cm³/mol. The van der Waals surface area contributed by atoms with E-state index < -0.39 is 6.10 Å². The zero-order chi connectivity index (χ0) is 18.8. The van der Waals surface area contributed by atoms with E-state index in [9.17, 15) is 9.18 Å². The molecule has 3 aromatic rings. The van der Waals surface area contributed by atoms with Crippen molar-refractivity contribution in [3.8, 4) is 11.5 Å². The van der Waals surface area contributed by atoms with Gasteiger partial charge in [0.25, 0.3) is 5.91 Å². The van der Waals surface area contributed by atoms with Gasteiger partial charge in [0.15, 0.2) is 16.6 Å². The van der Waals surface area contributed by atoms with Crippen molar-refractivity contribution in [2.75, 3.05) is 11.9 Å². The molecule has 1 amide bonds. The minimum absolute atomic E-state index is 0.148. The molecule has 0 saturated heterocycles. The molecule has 0 fully saturated rings. The molecule has 138 valence electrons. The fourth-order valence-electron chi connectivity index (χ4n) is 2.77. The van der Waals surface area contributed by atoms with Gasteiger partial charge in [-0.2, -0.15) is 0 Å². The van der Waals surface area contributed by atoms with Crippen LogP contribution in [0, 0.1) is 12.7 Å². The summed E-state index contributed by atoms with van der Waals surface area (Å²) in [4.78, 5) is 17.9. The average Bonchev–Trinajstić information content (AvgIpc) is 3.02. The van der Waals surface area contributed by atoms with Crippen molar-refractivity contribution in [2.45, 2.75) is 19.4 Å². The molecule has 1 N–H and O–H groups in total. The number of amides is 1. The van der Waals surface area contributed by atoms with E-state index in [1.165, 1.54) is 23.5 Å². The first kappa shape index (κ1) is 17.5. The molecule has 0 radical (unpaired) electrons. The SMILES string of the molecule is Cc1nc(NC(=O)C2COc3ccccc3O2)sc1Cc1ccc(F)cc1. The van der Waals surface area contributed by atoms with E-state index >= 15 is 0 Å². The number of aromatic nitrogens is 1. The highest BCUT2D eigenvalue weighted by Gasteiger charge is 2.28. The lowest BCUT2D eigenvalue weighted by Gasteiger charge is -2.25. The third kappa shape index (κ3) is 3.93. The van der Waals surface area contributed by atoms with Crippen molar-refractivity contribution >= 4 is 22.4 Å². The number of aryl methyl sites for hydroxylation is 1. The number of anilines is 1. The summed E-state index contributed by atoms with van der Waals surface area (Å²) in [5.41, 5.74) is 1.83. The largest absolute Gasteiger partial charge is 0.485 e. The third-order valence-corrected chi connectivity index (χ3v) is 5.27. The van der Waals surface area contributed by atoms with Crippen molar-refractivity contribution in [1.29, 1.82) is 0 Å². The number of fused-ring (bicyclic) bond motifs is 1. The van der Waals surface area contributed by atoms with Gasteiger partial charge >= 0.3 is 0 Å². The molecule has 0 aliphatic carbocycles. The van der Waals surface area contributed by atoms with Gasteiger partial charge in [-0.3, -0.25) is 10.1 Å². The minimum atomic E-state index is -0.732. The quantitative estimate of drug-likeness (QED) is 0.740. The van der Waals surface area contributed by atoms with Gasteiger partial charge in [-0.05, 0) is 36.8 Å². The Bertz CT molecular complexity index is 972. The van der Waals surface area contributed by atoms with Crippen molar-refractivity contribution in [1.82, 2.24) is 4.98 Å². The lowest BCUT2D eigenvalue weighted by molar-refractivity contribution is -0.125. The summed E-state index contributed by atoms with van der Waals surface area (Å²) in [6.45, 7) is 2.04. The maximum Gasteiger partial charge on any atom is 0.270 e. The van der Waals surface area contributed by atoms with Gasteiger partial charge < -0.3 is 9.47 Å². The van der Waals surface area contributed by atoms with Gasteiger partial charge in [-0.25, -0.2) is 9.37 Å². The molecule has 27 heavy (non-hydrogen) atoms. The van der Waals surface area contributed by atoms with E-state index in [4.69, 9.17) is 9.47 Å². The first-order valence-corrected chi connectivity index (χ1v) is 9.30. The van der Waals surface area contributed by atoms with Crippen LogP contribution in [-0.4, -0.2) is 23.6 Å². The molecule has 4 rings (SSSR count). The lowest BCUT2D eigenvalue weighted by atomic mass is 10.1. The van der Waals surface area contributed by atoms with Crippen molar-refractivity contribution in [2.24, 2.45) is 0 Å². The Labute approximate surface area is 159 Å². The highest BCUT2D eigenvalue weighted by Crippen LogP contribution is 2.31. The first-order chi connectivity index (χ1) is 13.1. The maximum atomic E-state index is 13.0. The minimum Gasteiger partial charge on any atom is -0.485 e. The second-order valence-electron chi connectivity index (χ2n) is 6.18. The number of carbonyl (C=O) groups is 1. The Morgan fingerprint density at radius 1 is 1.22 bits per heavy atom. The smallest absolute Gasteiger partial charge is 0.270 e. The summed E-state index contributed by atoms with van der Waals surface area (Å²) < 4.78 is 24.3. The normalized spacial score (nSPS) is 15.4. The molecule has 1 aromatic heterocycles. The van der Waals surface area contributed by atoms with Crippen LogP contribution < -0.4 is 14.8 Å². The van der Waals surface area contributed by atoms with Gasteiger partial charge in [0.2, 0.25) is 6.10 Å². The second-order valence-corrected chi connectivity index (χ2v) is 7.27. The number of hydrogen-bond donors (Lipinski definition) is 1. The molecule has 5 nitrogen and oxygen atoms in total. The Hall–Kier alpha value is -2.93. The van der Waals surface area contributed by atoms with Gasteiger partial charge in [-0.15, -0.1) is 11.3 Å². The van der Waals surface area contributed by atoms with Crippen LogP contribution in [0.3, 0.4) is 0 Å². The zero-order valence-electron chi connectivity index (χ0n) is 14.6. The summed E-state index contributed by atoms with van der Waals surface area (Å²) in [5, 5.41) is 3.31. The van der Waals surface area contributed by atoms with Crippen LogP contribution in [0.5, 0.6) is 11.5 Å². The van der Waals surface area contributed by atoms with E-state index in [-0.39, 0.29) is 18.3 Å².